The molecule has 2 heterocycles. The van der Waals surface area contributed by atoms with Gasteiger partial charge in [0.1, 0.15) is 0 Å². The molecule has 2 aromatic heterocycles. The van der Waals surface area contributed by atoms with E-state index in [0.29, 0.717) is 19.0 Å². The van der Waals surface area contributed by atoms with Gasteiger partial charge in [0.2, 0.25) is 5.95 Å². The van der Waals surface area contributed by atoms with Gasteiger partial charge in [-0.25, -0.2) is 9.97 Å². The van der Waals surface area contributed by atoms with Crippen LogP contribution in [0.4, 0.5) is 5.95 Å². The summed E-state index contributed by atoms with van der Waals surface area (Å²) in [7, 11) is 0. The lowest BCUT2D eigenvalue weighted by Crippen LogP contribution is -2.31. The van der Waals surface area contributed by atoms with Crippen molar-refractivity contribution in [2.45, 2.75) is 19.0 Å². The van der Waals surface area contributed by atoms with Gasteiger partial charge >= 0.3 is 0 Å². The molecule has 0 radical (unpaired) electrons. The molecule has 4 aromatic rings. The molecule has 0 aliphatic carbocycles. The Balaban J connectivity index is 1.58. The molecule has 0 aliphatic heterocycles. The van der Waals surface area contributed by atoms with Gasteiger partial charge < -0.3 is 16.8 Å². The lowest BCUT2D eigenvalue weighted by Gasteiger charge is -2.15. The van der Waals surface area contributed by atoms with Crippen LogP contribution in [-0.2, 0) is 13.0 Å². The van der Waals surface area contributed by atoms with Gasteiger partial charge in [0, 0.05) is 48.8 Å². The largest absolute Gasteiger partial charge is 0.353 e. The van der Waals surface area contributed by atoms with Gasteiger partial charge in [-0.1, -0.05) is 48.5 Å². The van der Waals surface area contributed by atoms with Gasteiger partial charge in [0.15, 0.2) is 0 Å². The lowest BCUT2D eigenvalue weighted by molar-refractivity contribution is 0.696. The van der Waals surface area contributed by atoms with Crippen LogP contribution in [0.15, 0.2) is 85.3 Å². The summed E-state index contributed by atoms with van der Waals surface area (Å²) < 4.78 is 0. The van der Waals surface area contributed by atoms with Crippen LogP contribution in [0.1, 0.15) is 11.1 Å². The molecular weight excluding hydrogens is 384 g/mol. The summed E-state index contributed by atoms with van der Waals surface area (Å²) in [6.07, 6.45) is 6.17. The Morgan fingerprint density at radius 3 is 2.42 bits per heavy atom. The molecular formula is C25H26N6. The first-order chi connectivity index (χ1) is 15.2. The van der Waals surface area contributed by atoms with E-state index in [2.05, 4.69) is 33.5 Å². The third-order valence-corrected chi connectivity index (χ3v) is 5.08. The molecule has 1 unspecified atom stereocenters. The van der Waals surface area contributed by atoms with Crippen LogP contribution < -0.4 is 16.8 Å². The number of nitrogens with zero attached hydrogens (tertiary/aromatic N) is 3. The summed E-state index contributed by atoms with van der Waals surface area (Å²) in [6, 6.07) is 22.2. The second kappa shape index (κ2) is 9.93. The molecule has 0 bridgehead atoms. The number of rotatable bonds is 8. The number of hydrogen-bond acceptors (Lipinski definition) is 6. The molecule has 0 spiro atoms. The number of pyridine rings is 1. The number of benzene rings is 2. The molecule has 156 valence electrons. The number of hydrogen-bond donors (Lipinski definition) is 3. The van der Waals surface area contributed by atoms with Crippen molar-refractivity contribution in [3.05, 3.63) is 96.4 Å². The van der Waals surface area contributed by atoms with E-state index < -0.39 is 0 Å². The van der Waals surface area contributed by atoms with Crippen LogP contribution in [0.2, 0.25) is 0 Å². The van der Waals surface area contributed by atoms with E-state index in [1.807, 2.05) is 54.7 Å². The smallest absolute Gasteiger partial charge is 0.223 e. The van der Waals surface area contributed by atoms with Crippen LogP contribution >= 0.6 is 0 Å². The zero-order valence-electron chi connectivity index (χ0n) is 17.3. The van der Waals surface area contributed by atoms with Crippen LogP contribution in [-0.4, -0.2) is 27.5 Å². The van der Waals surface area contributed by atoms with Crippen molar-refractivity contribution < 1.29 is 0 Å². The number of nitrogens with two attached hydrogens (primary N) is 2. The second-order valence-corrected chi connectivity index (χ2v) is 7.43. The monoisotopic (exact) mass is 410 g/mol. The third kappa shape index (κ3) is 5.31. The van der Waals surface area contributed by atoms with E-state index in [0.717, 1.165) is 34.4 Å². The Morgan fingerprint density at radius 1 is 0.871 bits per heavy atom. The van der Waals surface area contributed by atoms with Crippen molar-refractivity contribution in [3.8, 4) is 22.4 Å². The highest BCUT2D eigenvalue weighted by molar-refractivity contribution is 5.80. The minimum atomic E-state index is -0.0451. The first-order valence-electron chi connectivity index (χ1n) is 10.3. The van der Waals surface area contributed by atoms with Gasteiger partial charge in [-0.05, 0) is 41.3 Å². The topological polar surface area (TPSA) is 103 Å². The van der Waals surface area contributed by atoms with Crippen molar-refractivity contribution in [2.75, 3.05) is 11.9 Å². The zero-order valence-corrected chi connectivity index (χ0v) is 17.3. The van der Waals surface area contributed by atoms with Crippen LogP contribution in [0.5, 0.6) is 0 Å². The lowest BCUT2D eigenvalue weighted by atomic mass is 10.00. The van der Waals surface area contributed by atoms with E-state index in [4.69, 9.17) is 16.5 Å². The van der Waals surface area contributed by atoms with Crippen LogP contribution in [0.3, 0.4) is 0 Å². The van der Waals surface area contributed by atoms with Gasteiger partial charge in [0.05, 0.1) is 5.69 Å². The average molecular weight is 411 g/mol. The Labute approximate surface area is 182 Å². The molecule has 0 saturated heterocycles. The molecule has 0 saturated carbocycles. The number of nitrogens with one attached hydrogen (secondary N) is 1. The van der Waals surface area contributed by atoms with E-state index in [1.165, 1.54) is 5.56 Å². The molecule has 0 fully saturated rings. The molecule has 1 atom stereocenters. The van der Waals surface area contributed by atoms with Crippen molar-refractivity contribution in [2.24, 2.45) is 11.5 Å². The molecule has 6 nitrogen and oxygen atoms in total. The molecule has 6 heteroatoms. The molecule has 2 aromatic carbocycles. The zero-order chi connectivity index (χ0) is 21.5. The minimum absolute atomic E-state index is 0.0451. The predicted molar refractivity (Wildman–Crippen MR) is 125 cm³/mol. The highest BCUT2D eigenvalue weighted by Gasteiger charge is 2.13. The van der Waals surface area contributed by atoms with Gasteiger partial charge in [-0.2, -0.15) is 0 Å². The van der Waals surface area contributed by atoms with Crippen molar-refractivity contribution in [1.82, 2.24) is 15.0 Å². The summed E-state index contributed by atoms with van der Waals surface area (Å²) in [5.41, 5.74) is 18.2. The maximum absolute atomic E-state index is 6.32. The summed E-state index contributed by atoms with van der Waals surface area (Å²) in [5, 5.41) is 3.29. The van der Waals surface area contributed by atoms with E-state index >= 15 is 0 Å². The Bertz CT molecular complexity index is 1120. The summed E-state index contributed by atoms with van der Waals surface area (Å²) in [4.78, 5) is 13.5. The van der Waals surface area contributed by atoms with Gasteiger partial charge in [-0.3, -0.25) is 4.98 Å². The van der Waals surface area contributed by atoms with Crippen molar-refractivity contribution >= 4 is 5.95 Å². The summed E-state index contributed by atoms with van der Waals surface area (Å²) in [6.45, 7) is 1.06. The Hall–Kier alpha value is -3.61. The third-order valence-electron chi connectivity index (χ3n) is 5.08. The number of anilines is 1. The SMILES string of the molecule is NCc1cccc(-c2cnc(NCC(N)Cc3ccccc3)nc2-c2ccncc2)c1. The fourth-order valence-corrected chi connectivity index (χ4v) is 3.49. The summed E-state index contributed by atoms with van der Waals surface area (Å²) >= 11 is 0. The second-order valence-electron chi connectivity index (χ2n) is 7.43. The predicted octanol–water partition coefficient (Wildman–Crippen LogP) is 3.65. The Kier molecular flexibility index (Phi) is 6.62. The van der Waals surface area contributed by atoms with Crippen LogP contribution in [0.25, 0.3) is 22.4 Å². The highest BCUT2D eigenvalue weighted by atomic mass is 15.1. The molecule has 0 amide bonds. The van der Waals surface area contributed by atoms with E-state index in [1.54, 1.807) is 12.4 Å². The highest BCUT2D eigenvalue weighted by Crippen LogP contribution is 2.31. The molecule has 0 aliphatic rings. The fraction of sp³-hybridized carbons (Fsp3) is 0.160. The maximum Gasteiger partial charge on any atom is 0.223 e. The molecule has 4 rings (SSSR count). The molecule has 31 heavy (non-hydrogen) atoms. The quantitative estimate of drug-likeness (QED) is 0.410. The Morgan fingerprint density at radius 2 is 1.65 bits per heavy atom. The minimum Gasteiger partial charge on any atom is -0.353 e. The molecule has 5 N–H and O–H groups in total. The van der Waals surface area contributed by atoms with E-state index in [9.17, 15) is 0 Å². The fourth-order valence-electron chi connectivity index (χ4n) is 3.49. The standard InChI is InChI=1S/C25H26N6/c26-15-19-7-4-8-21(13-19)23-17-30-25(31-24(23)20-9-11-28-12-10-20)29-16-22(27)14-18-5-2-1-3-6-18/h1-13,17,22H,14-16,26-27H2,(H,29,30,31). The average Bonchev–Trinajstić information content (AvgIpc) is 2.84. The number of aromatic nitrogens is 3. The van der Waals surface area contributed by atoms with Crippen molar-refractivity contribution in [3.63, 3.8) is 0 Å². The van der Waals surface area contributed by atoms with Gasteiger partial charge in [-0.15, -0.1) is 0 Å². The first kappa shape index (κ1) is 20.7. The maximum atomic E-state index is 6.32. The normalized spacial score (nSPS) is 11.8. The van der Waals surface area contributed by atoms with Crippen LogP contribution in [0, 0.1) is 0 Å². The first-order valence-corrected chi connectivity index (χ1v) is 10.3. The summed E-state index contributed by atoms with van der Waals surface area (Å²) in [5.74, 6) is 0.550. The van der Waals surface area contributed by atoms with E-state index in [-0.39, 0.29) is 6.04 Å². The van der Waals surface area contributed by atoms with Gasteiger partial charge in [0.25, 0.3) is 0 Å². The van der Waals surface area contributed by atoms with Crippen molar-refractivity contribution in [1.29, 1.82) is 0 Å².